The molecule has 1 amide bonds. The third-order valence-corrected chi connectivity index (χ3v) is 2.34. The summed E-state index contributed by atoms with van der Waals surface area (Å²) in [4.78, 5) is 23.7. The third-order valence-electron chi connectivity index (χ3n) is 2.34. The summed E-state index contributed by atoms with van der Waals surface area (Å²) >= 11 is 0. The molecule has 1 unspecified atom stereocenters. The van der Waals surface area contributed by atoms with Gasteiger partial charge in [-0.1, -0.05) is 6.92 Å². The quantitative estimate of drug-likeness (QED) is 0.510. The van der Waals surface area contributed by atoms with Crippen LogP contribution in [0.3, 0.4) is 0 Å². The summed E-state index contributed by atoms with van der Waals surface area (Å²) in [5, 5.41) is 11.1. The van der Waals surface area contributed by atoms with Gasteiger partial charge in [0.1, 0.15) is 0 Å². The second-order valence-electron chi connectivity index (χ2n) is 3.73. The van der Waals surface area contributed by atoms with Crippen molar-refractivity contribution in [2.75, 3.05) is 26.7 Å². The fourth-order valence-electron chi connectivity index (χ4n) is 1.07. The number of nitrogens with two attached hydrogens (primary N) is 1. The van der Waals surface area contributed by atoms with Crippen LogP contribution in [-0.2, 0) is 9.59 Å². The van der Waals surface area contributed by atoms with Crippen LogP contribution in [-0.4, -0.2) is 54.6 Å². The van der Waals surface area contributed by atoms with Gasteiger partial charge in [0.2, 0.25) is 5.91 Å². The Morgan fingerprint density at radius 2 is 2.12 bits per heavy atom. The third kappa shape index (κ3) is 7.19. The van der Waals surface area contributed by atoms with Gasteiger partial charge in [-0.25, -0.2) is 0 Å². The van der Waals surface area contributed by atoms with Crippen LogP contribution in [0.25, 0.3) is 0 Å². The number of carboxylic acids is 1. The van der Waals surface area contributed by atoms with Crippen molar-refractivity contribution in [2.24, 2.45) is 5.73 Å². The van der Waals surface area contributed by atoms with Crippen LogP contribution in [0.4, 0.5) is 0 Å². The number of nitrogens with zero attached hydrogens (tertiary/aromatic N) is 1. The molecule has 0 aromatic heterocycles. The maximum Gasteiger partial charge on any atom is 0.303 e. The molecule has 0 fully saturated rings. The molecule has 6 nitrogen and oxygen atoms in total. The van der Waals surface area contributed by atoms with Crippen molar-refractivity contribution in [3.8, 4) is 0 Å². The van der Waals surface area contributed by atoms with E-state index in [0.717, 1.165) is 13.1 Å². The van der Waals surface area contributed by atoms with Crippen LogP contribution in [0.2, 0.25) is 0 Å². The van der Waals surface area contributed by atoms with Crippen LogP contribution in [0.5, 0.6) is 0 Å². The average molecular weight is 231 g/mol. The zero-order chi connectivity index (χ0) is 12.6. The van der Waals surface area contributed by atoms with E-state index >= 15 is 0 Å². The Morgan fingerprint density at radius 3 is 2.62 bits per heavy atom. The summed E-state index contributed by atoms with van der Waals surface area (Å²) in [6.45, 7) is 4.24. The predicted molar refractivity (Wildman–Crippen MR) is 61.0 cm³/mol. The molecule has 0 aromatic carbocycles. The number of carbonyl (C=O) groups excluding carboxylic acids is 1. The second-order valence-corrected chi connectivity index (χ2v) is 3.73. The average Bonchev–Trinajstić information content (AvgIpc) is 2.25. The minimum atomic E-state index is -0.936. The molecule has 0 spiro atoms. The lowest BCUT2D eigenvalue weighted by atomic mass is 10.1. The van der Waals surface area contributed by atoms with Crippen molar-refractivity contribution in [2.45, 2.75) is 25.8 Å². The number of hydrogen-bond acceptors (Lipinski definition) is 4. The van der Waals surface area contributed by atoms with Crippen LogP contribution in [0.15, 0.2) is 0 Å². The van der Waals surface area contributed by atoms with Gasteiger partial charge < -0.3 is 21.1 Å². The molecule has 0 heterocycles. The van der Waals surface area contributed by atoms with E-state index in [2.05, 4.69) is 10.2 Å². The summed E-state index contributed by atoms with van der Waals surface area (Å²) < 4.78 is 0. The normalized spacial score (nSPS) is 12.5. The molecule has 0 saturated carbocycles. The fraction of sp³-hybridized carbons (Fsp3) is 0.800. The van der Waals surface area contributed by atoms with Gasteiger partial charge in [0.05, 0.1) is 6.04 Å². The van der Waals surface area contributed by atoms with Crippen molar-refractivity contribution < 1.29 is 14.7 Å². The summed E-state index contributed by atoms with van der Waals surface area (Å²) in [5.74, 6) is -1.22. The molecule has 0 aliphatic rings. The molecule has 0 radical (unpaired) electrons. The highest BCUT2D eigenvalue weighted by atomic mass is 16.4. The smallest absolute Gasteiger partial charge is 0.303 e. The van der Waals surface area contributed by atoms with E-state index in [9.17, 15) is 9.59 Å². The highest BCUT2D eigenvalue weighted by Gasteiger charge is 2.14. The molecular formula is C10H21N3O3. The standard InChI is InChI=1S/C10H21N3O3/c1-3-13(2)7-6-12-10(16)8(11)4-5-9(14)15/h8H,3-7,11H2,1-2H3,(H,12,16)(H,14,15). The predicted octanol–water partition coefficient (Wildman–Crippen LogP) is -0.754. The summed E-state index contributed by atoms with van der Waals surface area (Å²) in [6, 6.07) is -0.733. The lowest BCUT2D eigenvalue weighted by Crippen LogP contribution is -2.43. The topological polar surface area (TPSA) is 95.7 Å². The second kappa shape index (κ2) is 8.06. The molecule has 4 N–H and O–H groups in total. The lowest BCUT2D eigenvalue weighted by Gasteiger charge is -2.15. The largest absolute Gasteiger partial charge is 0.481 e. The highest BCUT2D eigenvalue weighted by Crippen LogP contribution is 1.94. The number of aliphatic carboxylic acids is 1. The van der Waals surface area contributed by atoms with Crippen molar-refractivity contribution in [1.82, 2.24) is 10.2 Å². The maximum absolute atomic E-state index is 11.4. The SMILES string of the molecule is CCN(C)CCNC(=O)C(N)CCC(=O)O. The van der Waals surface area contributed by atoms with E-state index in [0.29, 0.717) is 6.54 Å². The van der Waals surface area contributed by atoms with E-state index in [1.54, 1.807) is 0 Å². The van der Waals surface area contributed by atoms with Crippen LogP contribution >= 0.6 is 0 Å². The van der Waals surface area contributed by atoms with Gasteiger partial charge in [-0.15, -0.1) is 0 Å². The van der Waals surface area contributed by atoms with Gasteiger partial charge in [-0.2, -0.15) is 0 Å². The molecule has 0 aliphatic heterocycles. The van der Waals surface area contributed by atoms with Gasteiger partial charge in [0, 0.05) is 19.5 Å². The van der Waals surface area contributed by atoms with Gasteiger partial charge in [0.25, 0.3) is 0 Å². The molecule has 0 rings (SSSR count). The van der Waals surface area contributed by atoms with E-state index in [1.807, 2.05) is 14.0 Å². The van der Waals surface area contributed by atoms with Gasteiger partial charge in [0.15, 0.2) is 0 Å². The zero-order valence-electron chi connectivity index (χ0n) is 9.90. The van der Waals surface area contributed by atoms with E-state index in [-0.39, 0.29) is 18.7 Å². The molecule has 1 atom stereocenters. The number of rotatable bonds is 8. The first-order valence-electron chi connectivity index (χ1n) is 5.41. The highest BCUT2D eigenvalue weighted by molar-refractivity contribution is 5.82. The Balaban J connectivity index is 3.67. The number of amides is 1. The molecule has 16 heavy (non-hydrogen) atoms. The maximum atomic E-state index is 11.4. The number of carbonyl (C=O) groups is 2. The van der Waals surface area contributed by atoms with Gasteiger partial charge in [-0.3, -0.25) is 9.59 Å². The van der Waals surface area contributed by atoms with Crippen molar-refractivity contribution in [3.63, 3.8) is 0 Å². The monoisotopic (exact) mass is 231 g/mol. The first kappa shape index (κ1) is 14.9. The minimum absolute atomic E-state index is 0.0799. The van der Waals surface area contributed by atoms with Crippen molar-refractivity contribution in [3.05, 3.63) is 0 Å². The first-order valence-corrected chi connectivity index (χ1v) is 5.41. The zero-order valence-corrected chi connectivity index (χ0v) is 9.90. The minimum Gasteiger partial charge on any atom is -0.481 e. The molecule has 0 aliphatic carbocycles. The number of carboxylic acid groups (broad SMARTS) is 1. The molecular weight excluding hydrogens is 210 g/mol. The number of hydrogen-bond donors (Lipinski definition) is 3. The van der Waals surface area contributed by atoms with E-state index in [1.165, 1.54) is 0 Å². The molecule has 0 saturated heterocycles. The Kier molecular flexibility index (Phi) is 7.49. The van der Waals surface area contributed by atoms with Gasteiger partial charge in [-0.05, 0) is 20.0 Å². The van der Waals surface area contributed by atoms with E-state index in [4.69, 9.17) is 10.8 Å². The van der Waals surface area contributed by atoms with Crippen molar-refractivity contribution >= 4 is 11.9 Å². The molecule has 6 heteroatoms. The fourth-order valence-corrected chi connectivity index (χ4v) is 1.07. The summed E-state index contributed by atoms with van der Waals surface area (Å²) in [7, 11) is 1.95. The Labute approximate surface area is 95.8 Å². The Bertz CT molecular complexity index is 233. The van der Waals surface area contributed by atoms with Gasteiger partial charge >= 0.3 is 5.97 Å². The molecule has 0 aromatic rings. The Hall–Kier alpha value is -1.14. The number of nitrogens with one attached hydrogen (secondary N) is 1. The number of likely N-dealkylation sites (N-methyl/N-ethyl adjacent to an activating group) is 1. The molecule has 0 bridgehead atoms. The molecule has 94 valence electrons. The van der Waals surface area contributed by atoms with Crippen LogP contribution in [0, 0.1) is 0 Å². The Morgan fingerprint density at radius 1 is 1.50 bits per heavy atom. The first-order chi connectivity index (χ1) is 7.47. The summed E-state index contributed by atoms with van der Waals surface area (Å²) in [6.07, 6.45) is 0.0915. The summed E-state index contributed by atoms with van der Waals surface area (Å²) in [5.41, 5.74) is 5.53. The van der Waals surface area contributed by atoms with E-state index < -0.39 is 12.0 Å². The van der Waals surface area contributed by atoms with Crippen LogP contribution < -0.4 is 11.1 Å². The van der Waals surface area contributed by atoms with Crippen molar-refractivity contribution in [1.29, 1.82) is 0 Å². The van der Waals surface area contributed by atoms with Crippen LogP contribution in [0.1, 0.15) is 19.8 Å². The lowest BCUT2D eigenvalue weighted by molar-refractivity contribution is -0.137.